The lowest BCUT2D eigenvalue weighted by molar-refractivity contribution is 0.310. The van der Waals surface area contributed by atoms with Gasteiger partial charge in [0.15, 0.2) is 0 Å². The summed E-state index contributed by atoms with van der Waals surface area (Å²) in [5, 5.41) is 3.95. The summed E-state index contributed by atoms with van der Waals surface area (Å²) < 4.78 is 7.67. The second-order valence-electron chi connectivity index (χ2n) is 12.3. The van der Waals surface area contributed by atoms with Crippen molar-refractivity contribution in [2.24, 2.45) is 0 Å². The van der Waals surface area contributed by atoms with Crippen molar-refractivity contribution < 1.29 is 4.43 Å². The Morgan fingerprint density at radius 2 is 0.787 bits per heavy atom. The first-order valence-electron chi connectivity index (χ1n) is 17.2. The van der Waals surface area contributed by atoms with E-state index in [-0.39, 0.29) is 0 Å². The molecule has 1 nitrogen and oxygen atoms in total. The molecule has 0 fully saturated rings. The van der Waals surface area contributed by atoms with Gasteiger partial charge in [0.05, 0.1) is 0 Å². The Labute approximate surface area is 282 Å². The highest BCUT2D eigenvalue weighted by Gasteiger charge is 2.54. The lowest BCUT2D eigenvalue weighted by Crippen LogP contribution is -2.53. The minimum Gasteiger partial charge on any atom is -0.404 e. The molecule has 0 saturated heterocycles. The molecule has 0 unspecified atom stereocenters. The Balaban J connectivity index is 1.54. The van der Waals surface area contributed by atoms with Crippen molar-refractivity contribution in [2.45, 2.75) is 51.4 Å². The van der Waals surface area contributed by atoms with Crippen molar-refractivity contribution in [1.29, 1.82) is 0 Å². The molecule has 5 aromatic rings. The zero-order chi connectivity index (χ0) is 32.2. The van der Waals surface area contributed by atoms with E-state index in [9.17, 15) is 0 Å². The summed E-state index contributed by atoms with van der Waals surface area (Å²) in [6, 6.07) is 55.1. The first-order valence-corrected chi connectivity index (χ1v) is 19.1. The number of unbranched alkanes of at least 4 members (excludes halogenated alkanes) is 7. The third-order valence-electron chi connectivity index (χ3n) is 9.17. The highest BCUT2D eigenvalue weighted by Crippen LogP contribution is 2.55. The molecule has 0 saturated carbocycles. The number of hydrogen-bond donors (Lipinski definition) is 0. The fourth-order valence-corrected chi connectivity index (χ4v) is 11.8. The van der Waals surface area contributed by atoms with E-state index in [1.54, 1.807) is 0 Å². The molecular weight excluding hydrogens is 585 g/mol. The second-order valence-corrected chi connectivity index (χ2v) is 15.5. The van der Waals surface area contributed by atoms with E-state index in [0.29, 0.717) is 0 Å². The van der Waals surface area contributed by atoms with Crippen molar-refractivity contribution in [2.75, 3.05) is 6.61 Å². The topological polar surface area (TPSA) is 9.23 Å². The van der Waals surface area contributed by atoms with Crippen LogP contribution in [0, 0.1) is 12.3 Å². The Bertz CT molecular complexity index is 1700. The Kier molecular flexibility index (Phi) is 11.1. The van der Waals surface area contributed by atoms with Crippen molar-refractivity contribution in [3.8, 4) is 12.3 Å². The molecule has 0 amide bonds. The molecule has 0 radical (unpaired) electrons. The zero-order valence-electron chi connectivity index (χ0n) is 27.3. The van der Waals surface area contributed by atoms with Crippen LogP contribution in [0.2, 0.25) is 0 Å². The normalized spacial score (nSPS) is 13.9. The second kappa shape index (κ2) is 16.2. The molecule has 0 N–H and O–H groups in total. The van der Waals surface area contributed by atoms with Gasteiger partial charge in [-0.3, -0.25) is 0 Å². The SMILES string of the molecule is C#CCCCCCCCCCO[Si]1(c2ccccc2)C(c2ccccc2)=C(c2ccccc2)C(c2ccccc2)=C1c1ccccc1. The highest BCUT2D eigenvalue weighted by atomic mass is 28.4. The van der Waals surface area contributed by atoms with Gasteiger partial charge in [0.2, 0.25) is 0 Å². The van der Waals surface area contributed by atoms with Gasteiger partial charge < -0.3 is 4.43 Å². The van der Waals surface area contributed by atoms with E-state index in [4.69, 9.17) is 10.8 Å². The molecule has 0 bridgehead atoms. The molecule has 0 spiro atoms. The van der Waals surface area contributed by atoms with E-state index in [2.05, 4.69) is 158 Å². The third kappa shape index (κ3) is 7.18. The molecular formula is C45H44OSi. The van der Waals surface area contributed by atoms with Crippen molar-refractivity contribution in [1.82, 2.24) is 0 Å². The number of allylic oxidation sites excluding steroid dienone is 2. The summed E-state index contributed by atoms with van der Waals surface area (Å²) in [4.78, 5) is 0. The maximum Gasteiger partial charge on any atom is 0.290 e. The number of hydrogen-bond acceptors (Lipinski definition) is 1. The molecule has 0 atom stereocenters. The standard InChI is InChI=1S/C45H44OSi/c1-2-3-4-5-6-7-8-9-25-36-46-47(41-34-23-14-24-35-41)44(39-30-19-12-20-31-39)42(37-26-15-10-16-27-37)43(38-28-17-11-18-29-38)45(47)40-32-21-13-22-33-40/h1,10-24,26-35H,3-9,25,36H2. The van der Waals surface area contributed by atoms with Crippen LogP contribution in [0.5, 0.6) is 0 Å². The summed E-state index contributed by atoms with van der Waals surface area (Å²) >= 11 is 0. The summed E-state index contributed by atoms with van der Waals surface area (Å²) in [6.07, 6.45) is 14.6. The van der Waals surface area contributed by atoms with Gasteiger partial charge in [0.1, 0.15) is 0 Å². The quantitative estimate of drug-likeness (QED) is 0.0637. The molecule has 1 aliphatic rings. The molecule has 0 aromatic heterocycles. The van der Waals surface area contributed by atoms with Crippen LogP contribution in [0.1, 0.15) is 73.6 Å². The first-order chi connectivity index (χ1) is 23.3. The van der Waals surface area contributed by atoms with Gasteiger partial charge in [0, 0.05) is 13.0 Å². The van der Waals surface area contributed by atoms with Gasteiger partial charge in [-0.25, -0.2) is 0 Å². The van der Waals surface area contributed by atoms with Crippen molar-refractivity contribution in [3.05, 3.63) is 174 Å². The van der Waals surface area contributed by atoms with Crippen LogP contribution in [0.4, 0.5) is 0 Å². The van der Waals surface area contributed by atoms with Gasteiger partial charge in [0.25, 0.3) is 8.32 Å². The maximum absolute atomic E-state index is 7.67. The molecule has 2 heteroatoms. The lowest BCUT2D eigenvalue weighted by Gasteiger charge is -2.35. The van der Waals surface area contributed by atoms with Gasteiger partial charge in [-0.15, -0.1) is 12.3 Å². The maximum atomic E-state index is 7.67. The predicted molar refractivity (Wildman–Crippen MR) is 203 cm³/mol. The van der Waals surface area contributed by atoms with Crippen molar-refractivity contribution in [3.63, 3.8) is 0 Å². The van der Waals surface area contributed by atoms with E-state index < -0.39 is 8.32 Å². The van der Waals surface area contributed by atoms with Crippen LogP contribution in [-0.2, 0) is 4.43 Å². The average molecular weight is 629 g/mol. The van der Waals surface area contributed by atoms with Gasteiger partial charge >= 0.3 is 0 Å². The van der Waals surface area contributed by atoms with Crippen molar-refractivity contribution >= 4 is 35.0 Å². The van der Waals surface area contributed by atoms with E-state index in [0.717, 1.165) is 25.9 Å². The van der Waals surface area contributed by atoms with Crippen LogP contribution in [-0.4, -0.2) is 14.9 Å². The Hall–Kier alpha value is -4.68. The fourth-order valence-electron chi connectivity index (χ4n) is 7.05. The summed E-state index contributed by atoms with van der Waals surface area (Å²) in [5.41, 5.74) is 7.46. The highest BCUT2D eigenvalue weighted by molar-refractivity contribution is 7.18. The van der Waals surface area contributed by atoms with Gasteiger partial charge in [-0.1, -0.05) is 184 Å². The smallest absolute Gasteiger partial charge is 0.290 e. The molecule has 234 valence electrons. The Morgan fingerprint density at radius 1 is 0.426 bits per heavy atom. The van der Waals surface area contributed by atoms with Crippen LogP contribution >= 0.6 is 0 Å². The predicted octanol–water partition coefficient (Wildman–Crippen LogP) is 10.9. The largest absolute Gasteiger partial charge is 0.404 e. The molecule has 5 aromatic carbocycles. The summed E-state index contributed by atoms with van der Waals surface area (Å²) in [5.74, 6) is 2.77. The third-order valence-corrected chi connectivity index (χ3v) is 13.4. The number of rotatable bonds is 15. The van der Waals surface area contributed by atoms with E-state index in [1.165, 1.54) is 81.1 Å². The van der Waals surface area contributed by atoms with Gasteiger partial charge in [-0.2, -0.15) is 0 Å². The molecule has 1 heterocycles. The summed E-state index contributed by atoms with van der Waals surface area (Å²) in [7, 11) is -3.09. The summed E-state index contributed by atoms with van der Waals surface area (Å²) in [6.45, 7) is 0.717. The molecule has 0 aliphatic carbocycles. The van der Waals surface area contributed by atoms with E-state index >= 15 is 0 Å². The lowest BCUT2D eigenvalue weighted by atomic mass is 9.89. The first kappa shape index (κ1) is 32.3. The number of terminal acetylenes is 1. The Morgan fingerprint density at radius 3 is 1.21 bits per heavy atom. The van der Waals surface area contributed by atoms with Crippen LogP contribution in [0.3, 0.4) is 0 Å². The van der Waals surface area contributed by atoms with E-state index in [1.807, 2.05) is 0 Å². The minimum atomic E-state index is -3.09. The van der Waals surface area contributed by atoms with Gasteiger partial charge in [-0.05, 0) is 61.8 Å². The van der Waals surface area contributed by atoms with Crippen LogP contribution in [0.25, 0.3) is 21.5 Å². The monoisotopic (exact) mass is 628 g/mol. The molecule has 1 aliphatic heterocycles. The minimum absolute atomic E-state index is 0.717. The van der Waals surface area contributed by atoms with Crippen LogP contribution < -0.4 is 5.19 Å². The molecule has 47 heavy (non-hydrogen) atoms. The fraction of sp³-hybridized carbons (Fsp3) is 0.200. The average Bonchev–Trinajstić information content (AvgIpc) is 3.46. The number of benzene rings is 5. The van der Waals surface area contributed by atoms with Crippen LogP contribution in [0.15, 0.2) is 152 Å². The zero-order valence-corrected chi connectivity index (χ0v) is 28.3. The molecule has 6 rings (SSSR count).